The van der Waals surface area contributed by atoms with Crippen LogP contribution in [0.5, 0.6) is 0 Å². The third-order valence-electron chi connectivity index (χ3n) is 3.71. The van der Waals surface area contributed by atoms with Gasteiger partial charge in [-0.25, -0.2) is 0 Å². The minimum atomic E-state index is -0.343. The topological polar surface area (TPSA) is 37.3 Å². The van der Waals surface area contributed by atoms with Gasteiger partial charge in [0.1, 0.15) is 0 Å². The van der Waals surface area contributed by atoms with Crippen molar-refractivity contribution in [2.45, 2.75) is 45.1 Å². The van der Waals surface area contributed by atoms with Crippen molar-refractivity contribution in [2.24, 2.45) is 5.41 Å². The summed E-state index contributed by atoms with van der Waals surface area (Å²) in [5.74, 6) is 0.194. The molecular formula is C11H16O2. The molecule has 2 aliphatic rings. The van der Waals surface area contributed by atoms with E-state index in [9.17, 15) is 9.90 Å². The van der Waals surface area contributed by atoms with Crippen LogP contribution < -0.4 is 0 Å². The molecule has 0 aromatic rings. The van der Waals surface area contributed by atoms with E-state index in [4.69, 9.17) is 0 Å². The van der Waals surface area contributed by atoms with Crippen molar-refractivity contribution in [2.75, 3.05) is 0 Å². The summed E-state index contributed by atoms with van der Waals surface area (Å²) in [5, 5.41) is 9.72. The Balaban J connectivity index is 2.38. The average molecular weight is 180 g/mol. The van der Waals surface area contributed by atoms with Gasteiger partial charge in [0.05, 0.1) is 6.10 Å². The second-order valence-corrected chi connectivity index (χ2v) is 4.25. The highest BCUT2D eigenvalue weighted by Crippen LogP contribution is 2.50. The zero-order chi connectivity index (χ0) is 9.47. The maximum absolute atomic E-state index is 11.2. The van der Waals surface area contributed by atoms with Crippen molar-refractivity contribution in [3.8, 4) is 0 Å². The van der Waals surface area contributed by atoms with Gasteiger partial charge in [-0.1, -0.05) is 6.92 Å². The molecule has 0 aliphatic heterocycles. The van der Waals surface area contributed by atoms with Crippen LogP contribution in [0.4, 0.5) is 0 Å². The molecule has 2 rings (SSSR count). The number of hydrogen-bond acceptors (Lipinski definition) is 2. The van der Waals surface area contributed by atoms with Crippen LogP contribution in [0.15, 0.2) is 11.6 Å². The van der Waals surface area contributed by atoms with Crippen LogP contribution in [-0.4, -0.2) is 17.0 Å². The Morgan fingerprint density at radius 3 is 3.08 bits per heavy atom. The van der Waals surface area contributed by atoms with E-state index in [1.165, 1.54) is 0 Å². The summed E-state index contributed by atoms with van der Waals surface area (Å²) < 4.78 is 0. The first-order valence-electron chi connectivity index (χ1n) is 5.11. The lowest BCUT2D eigenvalue weighted by atomic mass is 9.72. The fourth-order valence-electron chi connectivity index (χ4n) is 2.75. The smallest absolute Gasteiger partial charge is 0.155 e. The molecule has 2 atom stereocenters. The molecule has 0 amide bonds. The Morgan fingerprint density at radius 1 is 1.62 bits per heavy atom. The number of ketones is 1. The number of carbonyl (C=O) groups excluding carboxylic acids is 1. The summed E-state index contributed by atoms with van der Waals surface area (Å²) in [4.78, 5) is 11.2. The maximum Gasteiger partial charge on any atom is 0.155 e. The predicted octanol–water partition coefficient (Wildman–Crippen LogP) is 1.83. The summed E-state index contributed by atoms with van der Waals surface area (Å²) in [5.41, 5.74) is 1.19. The van der Waals surface area contributed by atoms with Crippen LogP contribution in [0.3, 0.4) is 0 Å². The van der Waals surface area contributed by atoms with Crippen LogP contribution in [0, 0.1) is 5.41 Å². The molecule has 2 unspecified atom stereocenters. The van der Waals surface area contributed by atoms with Crippen molar-refractivity contribution >= 4 is 5.78 Å². The molecule has 0 spiro atoms. The lowest BCUT2D eigenvalue weighted by Crippen LogP contribution is -2.26. The summed E-state index contributed by atoms with van der Waals surface area (Å²) in [6.45, 7) is 2.15. The van der Waals surface area contributed by atoms with Crippen molar-refractivity contribution in [1.29, 1.82) is 0 Å². The molecule has 72 valence electrons. The Bertz CT molecular complexity index is 267. The maximum atomic E-state index is 11.2. The van der Waals surface area contributed by atoms with E-state index in [1.54, 1.807) is 6.08 Å². The van der Waals surface area contributed by atoms with Gasteiger partial charge >= 0.3 is 0 Å². The monoisotopic (exact) mass is 180 g/mol. The van der Waals surface area contributed by atoms with Crippen LogP contribution in [0.1, 0.15) is 39.0 Å². The molecule has 1 saturated carbocycles. The first-order chi connectivity index (χ1) is 6.18. The Hall–Kier alpha value is -0.630. The lowest BCUT2D eigenvalue weighted by Gasteiger charge is -2.32. The fourth-order valence-corrected chi connectivity index (χ4v) is 2.75. The molecule has 0 bridgehead atoms. The molecule has 0 heterocycles. The van der Waals surface area contributed by atoms with Gasteiger partial charge in [0, 0.05) is 6.42 Å². The first kappa shape index (κ1) is 8.95. The summed E-state index contributed by atoms with van der Waals surface area (Å²) in [7, 11) is 0. The van der Waals surface area contributed by atoms with E-state index in [1.807, 2.05) is 0 Å². The molecule has 2 heteroatoms. The van der Waals surface area contributed by atoms with E-state index in [2.05, 4.69) is 6.92 Å². The second-order valence-electron chi connectivity index (χ2n) is 4.25. The normalized spacial score (nSPS) is 38.8. The van der Waals surface area contributed by atoms with Crippen LogP contribution >= 0.6 is 0 Å². The zero-order valence-corrected chi connectivity index (χ0v) is 8.05. The molecule has 1 fully saturated rings. The van der Waals surface area contributed by atoms with Crippen molar-refractivity contribution < 1.29 is 9.90 Å². The summed E-state index contributed by atoms with van der Waals surface area (Å²) in [6.07, 6.45) is 5.93. The number of aliphatic hydroxyl groups is 1. The molecule has 0 radical (unpaired) electrons. The van der Waals surface area contributed by atoms with E-state index >= 15 is 0 Å². The summed E-state index contributed by atoms with van der Waals surface area (Å²) >= 11 is 0. The van der Waals surface area contributed by atoms with Gasteiger partial charge in [0.25, 0.3) is 0 Å². The number of fused-ring (bicyclic) bond motifs is 1. The summed E-state index contributed by atoms with van der Waals surface area (Å²) in [6, 6.07) is 0. The van der Waals surface area contributed by atoms with E-state index < -0.39 is 0 Å². The minimum Gasteiger partial charge on any atom is -0.389 e. The SMILES string of the molecule is CCC12CCC(=O)C=C1C(O)CC2. The highest BCUT2D eigenvalue weighted by Gasteiger charge is 2.43. The van der Waals surface area contributed by atoms with Gasteiger partial charge in [0.15, 0.2) is 5.78 Å². The Kier molecular flexibility index (Phi) is 2.03. The quantitative estimate of drug-likeness (QED) is 0.668. The number of aliphatic hydroxyl groups excluding tert-OH is 1. The number of allylic oxidation sites excluding steroid dienone is 1. The third kappa shape index (κ3) is 1.24. The van der Waals surface area contributed by atoms with E-state index in [-0.39, 0.29) is 17.3 Å². The third-order valence-corrected chi connectivity index (χ3v) is 3.71. The predicted molar refractivity (Wildman–Crippen MR) is 50.3 cm³/mol. The van der Waals surface area contributed by atoms with E-state index in [0.29, 0.717) is 6.42 Å². The fraction of sp³-hybridized carbons (Fsp3) is 0.727. The molecule has 0 aromatic carbocycles. The van der Waals surface area contributed by atoms with Gasteiger partial charge in [-0.3, -0.25) is 4.79 Å². The second kappa shape index (κ2) is 2.95. The molecule has 0 aromatic heterocycles. The average Bonchev–Trinajstić information content (AvgIpc) is 2.46. The molecule has 2 aliphatic carbocycles. The van der Waals surface area contributed by atoms with Crippen LogP contribution in [0.25, 0.3) is 0 Å². The first-order valence-corrected chi connectivity index (χ1v) is 5.11. The number of carbonyl (C=O) groups is 1. The van der Waals surface area contributed by atoms with Gasteiger partial charge in [-0.05, 0) is 42.7 Å². The molecule has 2 nitrogen and oxygen atoms in total. The van der Waals surface area contributed by atoms with Crippen molar-refractivity contribution in [3.63, 3.8) is 0 Å². The molecular weight excluding hydrogens is 164 g/mol. The van der Waals surface area contributed by atoms with Crippen LogP contribution in [0.2, 0.25) is 0 Å². The molecule has 1 N–H and O–H groups in total. The standard InChI is InChI=1S/C11H16O2/c1-2-11-5-3-8(12)7-9(11)10(13)4-6-11/h7,10,13H,2-6H2,1H3. The van der Waals surface area contributed by atoms with Crippen molar-refractivity contribution in [1.82, 2.24) is 0 Å². The van der Waals surface area contributed by atoms with Crippen LogP contribution in [-0.2, 0) is 4.79 Å². The minimum absolute atomic E-state index is 0.174. The molecule has 0 saturated heterocycles. The Morgan fingerprint density at radius 2 is 2.38 bits per heavy atom. The zero-order valence-electron chi connectivity index (χ0n) is 8.05. The van der Waals surface area contributed by atoms with Gasteiger partial charge in [-0.15, -0.1) is 0 Å². The van der Waals surface area contributed by atoms with Gasteiger partial charge in [0.2, 0.25) is 0 Å². The Labute approximate surface area is 78.6 Å². The van der Waals surface area contributed by atoms with Gasteiger partial charge in [-0.2, -0.15) is 0 Å². The molecule has 13 heavy (non-hydrogen) atoms. The van der Waals surface area contributed by atoms with Gasteiger partial charge < -0.3 is 5.11 Å². The van der Waals surface area contributed by atoms with Crippen molar-refractivity contribution in [3.05, 3.63) is 11.6 Å². The number of rotatable bonds is 1. The largest absolute Gasteiger partial charge is 0.389 e. The number of hydrogen-bond donors (Lipinski definition) is 1. The highest BCUT2D eigenvalue weighted by molar-refractivity contribution is 5.92. The lowest BCUT2D eigenvalue weighted by molar-refractivity contribution is -0.115. The van der Waals surface area contributed by atoms with E-state index in [0.717, 1.165) is 31.3 Å². The highest BCUT2D eigenvalue weighted by atomic mass is 16.3.